The van der Waals surface area contributed by atoms with Crippen molar-refractivity contribution in [3.8, 4) is 11.5 Å². The number of aromatic nitrogens is 1. The van der Waals surface area contributed by atoms with Gasteiger partial charge in [-0.25, -0.2) is 0 Å². The van der Waals surface area contributed by atoms with Gasteiger partial charge in [-0.2, -0.15) is 0 Å². The van der Waals surface area contributed by atoms with Gasteiger partial charge in [-0.3, -0.25) is 4.98 Å². The van der Waals surface area contributed by atoms with Gasteiger partial charge in [-0.15, -0.1) is 0 Å². The van der Waals surface area contributed by atoms with Crippen LogP contribution in [0.4, 0.5) is 0 Å². The van der Waals surface area contributed by atoms with Gasteiger partial charge in [0.15, 0.2) is 11.5 Å². The second-order valence-corrected chi connectivity index (χ2v) is 6.43. The van der Waals surface area contributed by atoms with Crippen LogP contribution in [0.15, 0.2) is 48.5 Å². The number of nitrogens with zero attached hydrogens (tertiary/aromatic N) is 1. The number of para-hydroxylation sites is 1. The summed E-state index contributed by atoms with van der Waals surface area (Å²) in [5.74, 6) is 1.64. The van der Waals surface area contributed by atoms with Gasteiger partial charge in [0, 0.05) is 11.9 Å². The summed E-state index contributed by atoms with van der Waals surface area (Å²) >= 11 is 0. The van der Waals surface area contributed by atoms with Crippen molar-refractivity contribution in [2.75, 3.05) is 19.8 Å². The lowest BCUT2D eigenvalue weighted by Gasteiger charge is -2.28. The smallest absolute Gasteiger partial charge is 0.161 e. The van der Waals surface area contributed by atoms with Gasteiger partial charge in [-0.1, -0.05) is 24.3 Å². The molecule has 0 radical (unpaired) electrons. The Labute approximate surface area is 154 Å². The minimum atomic E-state index is 0.0678. The first-order chi connectivity index (χ1) is 12.8. The Kier molecular flexibility index (Phi) is 4.76. The largest absolute Gasteiger partial charge is 0.490 e. The van der Waals surface area contributed by atoms with E-state index in [0.717, 1.165) is 41.1 Å². The second-order valence-electron chi connectivity index (χ2n) is 6.43. The maximum absolute atomic E-state index is 5.84. The van der Waals surface area contributed by atoms with Crippen LogP contribution >= 0.6 is 0 Å². The lowest BCUT2D eigenvalue weighted by molar-refractivity contribution is 0.286. The van der Waals surface area contributed by atoms with Gasteiger partial charge >= 0.3 is 0 Å². The molecule has 2 aromatic carbocycles. The van der Waals surface area contributed by atoms with E-state index in [9.17, 15) is 0 Å². The Morgan fingerprint density at radius 2 is 1.77 bits per heavy atom. The molecule has 4 nitrogen and oxygen atoms in total. The summed E-state index contributed by atoms with van der Waals surface area (Å²) in [6, 6.07) is 16.8. The summed E-state index contributed by atoms with van der Waals surface area (Å²) in [5, 5.41) is 4.78. The lowest BCUT2D eigenvalue weighted by Crippen LogP contribution is -2.31. The predicted octanol–water partition coefficient (Wildman–Crippen LogP) is 4.27. The Bertz CT molecular complexity index is 923. The van der Waals surface area contributed by atoms with Gasteiger partial charge in [0.2, 0.25) is 0 Å². The summed E-state index contributed by atoms with van der Waals surface area (Å²) in [4.78, 5) is 4.90. The fourth-order valence-electron chi connectivity index (χ4n) is 3.61. The van der Waals surface area contributed by atoms with Crippen LogP contribution in [-0.2, 0) is 6.42 Å². The molecular weight excluding hydrogens is 324 g/mol. The van der Waals surface area contributed by atoms with Crippen LogP contribution < -0.4 is 14.8 Å². The van der Waals surface area contributed by atoms with Crippen molar-refractivity contribution < 1.29 is 9.47 Å². The van der Waals surface area contributed by atoms with E-state index in [1.54, 1.807) is 0 Å². The van der Waals surface area contributed by atoms with Crippen LogP contribution in [-0.4, -0.2) is 24.7 Å². The number of hydrogen-bond acceptors (Lipinski definition) is 4. The Balaban J connectivity index is 1.78. The minimum absolute atomic E-state index is 0.0678. The molecule has 0 fully saturated rings. The highest BCUT2D eigenvalue weighted by Crippen LogP contribution is 2.37. The summed E-state index contributed by atoms with van der Waals surface area (Å²) in [6.07, 6.45) is 0.978. The maximum Gasteiger partial charge on any atom is 0.161 e. The second kappa shape index (κ2) is 7.34. The van der Waals surface area contributed by atoms with Crippen molar-refractivity contribution in [3.05, 3.63) is 65.4 Å². The fraction of sp³-hybridized carbons (Fsp3) is 0.318. The third kappa shape index (κ3) is 3.13. The van der Waals surface area contributed by atoms with E-state index in [-0.39, 0.29) is 6.04 Å². The number of fused-ring (bicyclic) bond motifs is 2. The van der Waals surface area contributed by atoms with Crippen molar-refractivity contribution in [3.63, 3.8) is 0 Å². The Morgan fingerprint density at radius 1 is 1.00 bits per heavy atom. The highest BCUT2D eigenvalue weighted by molar-refractivity contribution is 5.78. The van der Waals surface area contributed by atoms with E-state index in [0.29, 0.717) is 13.2 Å². The molecular formula is C22H24N2O2. The van der Waals surface area contributed by atoms with Gasteiger partial charge in [0.25, 0.3) is 0 Å². The summed E-state index contributed by atoms with van der Waals surface area (Å²) in [5.41, 5.74) is 4.59. The molecule has 134 valence electrons. The SMILES string of the molecule is CCOc1cc2c(cc1OCC)C(c1ccc3ccccc3n1)NCC2. The summed E-state index contributed by atoms with van der Waals surface area (Å²) in [6.45, 7) is 6.16. The minimum Gasteiger partial charge on any atom is -0.490 e. The molecule has 1 unspecified atom stereocenters. The molecule has 0 amide bonds. The van der Waals surface area contributed by atoms with Crippen LogP contribution in [0, 0.1) is 0 Å². The standard InChI is InChI=1S/C22H24N2O2/c1-3-25-20-13-16-11-12-23-22(17(16)14-21(20)26-4-2)19-10-9-15-7-5-6-8-18(15)24-19/h5-10,13-14,22-23H,3-4,11-12H2,1-2H3. The molecule has 1 aliphatic heterocycles. The van der Waals surface area contributed by atoms with E-state index in [1.807, 2.05) is 26.0 Å². The monoisotopic (exact) mass is 348 g/mol. The molecule has 3 aromatic rings. The van der Waals surface area contributed by atoms with E-state index in [2.05, 4.69) is 41.7 Å². The van der Waals surface area contributed by atoms with E-state index in [4.69, 9.17) is 14.5 Å². The molecule has 1 atom stereocenters. The van der Waals surface area contributed by atoms with Crippen LogP contribution in [0.5, 0.6) is 11.5 Å². The van der Waals surface area contributed by atoms with E-state index in [1.165, 1.54) is 11.1 Å². The van der Waals surface area contributed by atoms with Gasteiger partial charge in [0.1, 0.15) is 0 Å². The van der Waals surface area contributed by atoms with Gasteiger partial charge in [0.05, 0.1) is 30.5 Å². The molecule has 0 spiro atoms. The number of ether oxygens (including phenoxy) is 2. The van der Waals surface area contributed by atoms with Crippen LogP contribution in [0.1, 0.15) is 36.7 Å². The van der Waals surface area contributed by atoms with Crippen molar-refractivity contribution in [2.45, 2.75) is 26.3 Å². The zero-order valence-corrected chi connectivity index (χ0v) is 15.3. The van der Waals surface area contributed by atoms with Gasteiger partial charge in [-0.05, 0) is 55.7 Å². The first-order valence-electron chi connectivity index (χ1n) is 9.31. The molecule has 0 saturated heterocycles. The van der Waals surface area contributed by atoms with Crippen LogP contribution in [0.2, 0.25) is 0 Å². The van der Waals surface area contributed by atoms with Crippen LogP contribution in [0.3, 0.4) is 0 Å². The predicted molar refractivity (Wildman–Crippen MR) is 104 cm³/mol. The number of rotatable bonds is 5. The first-order valence-corrected chi connectivity index (χ1v) is 9.31. The highest BCUT2D eigenvalue weighted by Gasteiger charge is 2.25. The number of benzene rings is 2. The molecule has 1 aromatic heterocycles. The summed E-state index contributed by atoms with van der Waals surface area (Å²) < 4.78 is 11.6. The quantitative estimate of drug-likeness (QED) is 0.748. The average Bonchev–Trinajstić information content (AvgIpc) is 2.68. The molecule has 4 heteroatoms. The number of pyridine rings is 1. The first kappa shape index (κ1) is 16.9. The normalized spacial score (nSPS) is 16.3. The molecule has 2 heterocycles. The third-order valence-corrected chi connectivity index (χ3v) is 4.77. The lowest BCUT2D eigenvalue weighted by atomic mass is 9.91. The number of hydrogen-bond donors (Lipinski definition) is 1. The summed E-state index contributed by atoms with van der Waals surface area (Å²) in [7, 11) is 0. The molecule has 4 rings (SSSR count). The van der Waals surface area contributed by atoms with Crippen LogP contribution in [0.25, 0.3) is 10.9 Å². The zero-order valence-electron chi connectivity index (χ0n) is 15.3. The average molecular weight is 348 g/mol. The Hall–Kier alpha value is -2.59. The Morgan fingerprint density at radius 3 is 2.58 bits per heavy atom. The molecule has 1 aliphatic rings. The molecule has 0 aliphatic carbocycles. The maximum atomic E-state index is 5.84. The van der Waals surface area contributed by atoms with Crippen molar-refractivity contribution in [1.82, 2.24) is 10.3 Å². The highest BCUT2D eigenvalue weighted by atomic mass is 16.5. The van der Waals surface area contributed by atoms with E-state index < -0.39 is 0 Å². The third-order valence-electron chi connectivity index (χ3n) is 4.77. The van der Waals surface area contributed by atoms with E-state index >= 15 is 0 Å². The molecule has 0 saturated carbocycles. The molecule has 1 N–H and O–H groups in total. The fourth-order valence-corrected chi connectivity index (χ4v) is 3.61. The van der Waals surface area contributed by atoms with Crippen molar-refractivity contribution in [1.29, 1.82) is 0 Å². The van der Waals surface area contributed by atoms with Gasteiger partial charge < -0.3 is 14.8 Å². The molecule has 0 bridgehead atoms. The topological polar surface area (TPSA) is 43.4 Å². The number of nitrogens with one attached hydrogen (secondary N) is 1. The van der Waals surface area contributed by atoms with Crippen molar-refractivity contribution in [2.24, 2.45) is 0 Å². The molecule has 26 heavy (non-hydrogen) atoms. The van der Waals surface area contributed by atoms with Crippen molar-refractivity contribution >= 4 is 10.9 Å². The zero-order chi connectivity index (χ0) is 17.9.